The lowest BCUT2D eigenvalue weighted by molar-refractivity contribution is -0.154. The topological polar surface area (TPSA) is 115 Å². The molecule has 1 aromatic carbocycles. The Morgan fingerprint density at radius 3 is 2.44 bits per heavy atom. The number of rotatable bonds is 6. The molecular weight excluding hydrogens is 332 g/mol. The first-order chi connectivity index (χ1) is 11.8. The highest BCUT2D eigenvalue weighted by atomic mass is 16.6. The van der Waals surface area contributed by atoms with Crippen LogP contribution in [0.5, 0.6) is 11.5 Å². The van der Waals surface area contributed by atoms with Gasteiger partial charge < -0.3 is 28.8 Å². The number of hydrogen-bond donors (Lipinski definition) is 2. The first-order valence-electron chi connectivity index (χ1n) is 7.46. The summed E-state index contributed by atoms with van der Waals surface area (Å²) in [6.07, 6.45) is -1.93. The first kappa shape index (κ1) is 18.8. The monoisotopic (exact) mass is 352 g/mol. The van der Waals surface area contributed by atoms with Gasteiger partial charge in [-0.25, -0.2) is 9.59 Å². The molecule has 2 atom stereocenters. The molecule has 0 saturated carbocycles. The quantitative estimate of drug-likeness (QED) is 0.756. The number of ether oxygens (including phenoxy) is 3. The molecule has 0 aliphatic rings. The Labute approximate surface area is 143 Å². The van der Waals surface area contributed by atoms with E-state index in [1.807, 2.05) is 0 Å². The predicted octanol–water partition coefficient (Wildman–Crippen LogP) is 1.78. The van der Waals surface area contributed by atoms with Crippen molar-refractivity contribution in [1.29, 1.82) is 0 Å². The predicted molar refractivity (Wildman–Crippen MR) is 87.7 cm³/mol. The Bertz CT molecular complexity index is 839. The van der Waals surface area contributed by atoms with Crippen molar-refractivity contribution in [2.45, 2.75) is 25.6 Å². The van der Waals surface area contributed by atoms with Crippen molar-refractivity contribution < 1.29 is 33.6 Å². The zero-order valence-corrected chi connectivity index (χ0v) is 14.4. The molecule has 0 fully saturated rings. The zero-order valence-electron chi connectivity index (χ0n) is 14.4. The molecule has 1 aromatic heterocycles. The van der Waals surface area contributed by atoms with E-state index in [4.69, 9.17) is 13.9 Å². The molecule has 136 valence electrons. The standard InChI is InChI=1S/C17H20O8/c1-8-5-9-6-10(18)14(15(19)13(9)17(21)25-8)11(22-2)7-12(23-3)16(20)24-4/h5-6,11-12,18-19H,7H2,1-4H3/t11-,12+/m1/s1. The molecule has 0 spiro atoms. The van der Waals surface area contributed by atoms with Crippen LogP contribution in [0.15, 0.2) is 21.3 Å². The third-order valence-electron chi connectivity index (χ3n) is 3.95. The number of benzene rings is 1. The Morgan fingerprint density at radius 2 is 1.88 bits per heavy atom. The summed E-state index contributed by atoms with van der Waals surface area (Å²) in [5.41, 5.74) is -0.767. The van der Waals surface area contributed by atoms with Crippen LogP contribution in [0.25, 0.3) is 10.8 Å². The number of phenolic OH excluding ortho intramolecular Hbond substituents is 2. The highest BCUT2D eigenvalue weighted by Gasteiger charge is 2.29. The smallest absolute Gasteiger partial charge is 0.347 e. The van der Waals surface area contributed by atoms with E-state index in [9.17, 15) is 19.8 Å². The van der Waals surface area contributed by atoms with Gasteiger partial charge in [-0.2, -0.15) is 0 Å². The molecule has 0 unspecified atom stereocenters. The second-order valence-electron chi connectivity index (χ2n) is 5.47. The van der Waals surface area contributed by atoms with Crippen molar-refractivity contribution >= 4 is 16.7 Å². The minimum Gasteiger partial charge on any atom is -0.507 e. The third kappa shape index (κ3) is 3.59. The molecule has 0 radical (unpaired) electrons. The molecule has 2 N–H and O–H groups in total. The van der Waals surface area contributed by atoms with Crippen molar-refractivity contribution in [3.8, 4) is 11.5 Å². The van der Waals surface area contributed by atoms with Crippen molar-refractivity contribution in [2.75, 3.05) is 21.3 Å². The SMILES string of the molecule is COC(=O)[C@H](C[C@@H](OC)c1c(O)cc2cc(C)oc(=O)c2c1O)OC. The van der Waals surface area contributed by atoms with Crippen molar-refractivity contribution in [2.24, 2.45) is 0 Å². The number of fused-ring (bicyclic) bond motifs is 1. The van der Waals surface area contributed by atoms with Gasteiger partial charge in [0.1, 0.15) is 22.6 Å². The van der Waals surface area contributed by atoms with Gasteiger partial charge in [-0.1, -0.05) is 0 Å². The number of carbonyl (C=O) groups is 1. The summed E-state index contributed by atoms with van der Waals surface area (Å²) in [7, 11) is 3.88. The number of aromatic hydroxyl groups is 2. The summed E-state index contributed by atoms with van der Waals surface area (Å²) in [4.78, 5) is 23.8. The van der Waals surface area contributed by atoms with Crippen LogP contribution >= 0.6 is 0 Å². The molecule has 8 heteroatoms. The Balaban J connectivity index is 2.58. The maximum absolute atomic E-state index is 12.1. The van der Waals surface area contributed by atoms with E-state index in [0.29, 0.717) is 11.1 Å². The van der Waals surface area contributed by atoms with E-state index in [1.165, 1.54) is 33.5 Å². The molecule has 0 saturated heterocycles. The van der Waals surface area contributed by atoms with Crippen LogP contribution in [0.4, 0.5) is 0 Å². The number of aryl methyl sites for hydroxylation is 1. The minimum atomic E-state index is -0.973. The lowest BCUT2D eigenvalue weighted by Gasteiger charge is -2.22. The largest absolute Gasteiger partial charge is 0.507 e. The fraction of sp³-hybridized carbons (Fsp3) is 0.412. The second-order valence-corrected chi connectivity index (χ2v) is 5.47. The van der Waals surface area contributed by atoms with Crippen LogP contribution in [0, 0.1) is 6.92 Å². The summed E-state index contributed by atoms with van der Waals surface area (Å²) >= 11 is 0. The number of hydrogen-bond acceptors (Lipinski definition) is 8. The average molecular weight is 352 g/mol. The van der Waals surface area contributed by atoms with Crippen LogP contribution in [-0.4, -0.2) is 43.6 Å². The van der Waals surface area contributed by atoms with Crippen LogP contribution in [0.2, 0.25) is 0 Å². The van der Waals surface area contributed by atoms with Gasteiger partial charge in [0.05, 0.1) is 18.8 Å². The molecule has 0 aliphatic carbocycles. The molecule has 8 nitrogen and oxygen atoms in total. The highest BCUT2D eigenvalue weighted by molar-refractivity contribution is 5.90. The highest BCUT2D eigenvalue weighted by Crippen LogP contribution is 2.41. The molecular formula is C17H20O8. The molecule has 2 rings (SSSR count). The number of phenols is 2. The fourth-order valence-corrected chi connectivity index (χ4v) is 2.73. The summed E-state index contributed by atoms with van der Waals surface area (Å²) in [6.45, 7) is 1.58. The van der Waals surface area contributed by atoms with Crippen molar-refractivity contribution in [3.63, 3.8) is 0 Å². The molecule has 1 heterocycles. The van der Waals surface area contributed by atoms with Crippen molar-refractivity contribution in [3.05, 3.63) is 33.9 Å². The number of esters is 1. The zero-order chi connectivity index (χ0) is 18.7. The molecule has 0 aliphatic heterocycles. The third-order valence-corrected chi connectivity index (χ3v) is 3.95. The first-order valence-corrected chi connectivity index (χ1v) is 7.46. The molecule has 2 aromatic rings. The van der Waals surface area contributed by atoms with Crippen LogP contribution in [0.1, 0.15) is 23.8 Å². The van der Waals surface area contributed by atoms with E-state index in [1.54, 1.807) is 6.92 Å². The fourth-order valence-electron chi connectivity index (χ4n) is 2.73. The Hall–Kier alpha value is -2.58. The number of methoxy groups -OCH3 is 3. The van der Waals surface area contributed by atoms with Gasteiger partial charge in [0.15, 0.2) is 6.10 Å². The maximum atomic E-state index is 12.1. The second kappa shape index (κ2) is 7.54. The van der Waals surface area contributed by atoms with E-state index in [0.717, 1.165) is 0 Å². The molecule has 25 heavy (non-hydrogen) atoms. The Kier molecular flexibility index (Phi) is 5.66. The van der Waals surface area contributed by atoms with Crippen molar-refractivity contribution in [1.82, 2.24) is 0 Å². The van der Waals surface area contributed by atoms with E-state index in [2.05, 4.69) is 4.74 Å². The summed E-state index contributed by atoms with van der Waals surface area (Å²) < 4.78 is 20.0. The van der Waals surface area contributed by atoms with E-state index in [-0.39, 0.29) is 23.1 Å². The van der Waals surface area contributed by atoms with E-state index >= 15 is 0 Å². The normalized spacial score (nSPS) is 13.6. The van der Waals surface area contributed by atoms with Crippen LogP contribution in [-0.2, 0) is 19.0 Å². The summed E-state index contributed by atoms with van der Waals surface area (Å²) in [6, 6.07) is 2.86. The summed E-state index contributed by atoms with van der Waals surface area (Å²) in [5, 5.41) is 21.1. The van der Waals surface area contributed by atoms with Gasteiger partial charge in [0, 0.05) is 20.6 Å². The van der Waals surface area contributed by atoms with E-state index < -0.39 is 29.6 Å². The van der Waals surface area contributed by atoms with Gasteiger partial charge in [-0.15, -0.1) is 0 Å². The average Bonchev–Trinajstić information content (AvgIpc) is 2.55. The molecule has 0 amide bonds. The lowest BCUT2D eigenvalue weighted by atomic mass is 9.97. The molecule has 0 bridgehead atoms. The van der Waals surface area contributed by atoms with Gasteiger partial charge >= 0.3 is 11.6 Å². The van der Waals surface area contributed by atoms with Gasteiger partial charge in [-0.05, 0) is 24.4 Å². The van der Waals surface area contributed by atoms with Gasteiger partial charge in [-0.3, -0.25) is 0 Å². The lowest BCUT2D eigenvalue weighted by Crippen LogP contribution is -2.27. The van der Waals surface area contributed by atoms with Crippen LogP contribution in [0.3, 0.4) is 0 Å². The maximum Gasteiger partial charge on any atom is 0.347 e. The Morgan fingerprint density at radius 1 is 1.20 bits per heavy atom. The van der Waals surface area contributed by atoms with Gasteiger partial charge in [0.2, 0.25) is 0 Å². The van der Waals surface area contributed by atoms with Gasteiger partial charge in [0.25, 0.3) is 0 Å². The number of carbonyl (C=O) groups excluding carboxylic acids is 1. The summed E-state index contributed by atoms with van der Waals surface area (Å²) in [5.74, 6) is -1.02. The minimum absolute atomic E-state index is 0.0305. The van der Waals surface area contributed by atoms with Crippen LogP contribution < -0.4 is 5.63 Å².